The average Bonchev–Trinajstić information content (AvgIpc) is 3.22. The van der Waals surface area contributed by atoms with Gasteiger partial charge in [-0.25, -0.2) is 4.79 Å². The van der Waals surface area contributed by atoms with Crippen LogP contribution < -0.4 is 5.32 Å². The van der Waals surface area contributed by atoms with E-state index in [0.29, 0.717) is 12.1 Å². The van der Waals surface area contributed by atoms with Crippen LogP contribution >= 0.6 is 0 Å². The standard InChI is InChI=1S/C17H32N2O3/c1-12-14(18-15(11-21-5)13-8-9-13)7-6-10-19(12)16(20)22-17(2,3)4/h12-15,18H,6-11H2,1-5H3. The molecule has 1 saturated carbocycles. The molecule has 0 aromatic rings. The third-order valence-corrected chi connectivity index (χ3v) is 4.58. The molecule has 1 aliphatic heterocycles. The summed E-state index contributed by atoms with van der Waals surface area (Å²) < 4.78 is 10.9. The van der Waals surface area contributed by atoms with Crippen molar-refractivity contribution in [3.8, 4) is 0 Å². The van der Waals surface area contributed by atoms with E-state index >= 15 is 0 Å². The molecule has 2 fully saturated rings. The van der Waals surface area contributed by atoms with Gasteiger partial charge in [-0.1, -0.05) is 0 Å². The van der Waals surface area contributed by atoms with Gasteiger partial charge in [-0.15, -0.1) is 0 Å². The molecular formula is C17H32N2O3. The maximum Gasteiger partial charge on any atom is 0.410 e. The zero-order valence-corrected chi connectivity index (χ0v) is 14.7. The minimum Gasteiger partial charge on any atom is -0.444 e. The van der Waals surface area contributed by atoms with Crippen molar-refractivity contribution in [2.24, 2.45) is 5.92 Å². The topological polar surface area (TPSA) is 50.8 Å². The normalized spacial score (nSPS) is 27.6. The largest absolute Gasteiger partial charge is 0.444 e. The summed E-state index contributed by atoms with van der Waals surface area (Å²) in [5.41, 5.74) is -0.441. The second kappa shape index (κ2) is 7.18. The first-order valence-electron chi connectivity index (χ1n) is 8.56. The Morgan fingerprint density at radius 3 is 2.55 bits per heavy atom. The molecule has 1 amide bonds. The summed E-state index contributed by atoms with van der Waals surface area (Å²) in [5, 5.41) is 3.74. The number of likely N-dealkylation sites (tertiary alicyclic amines) is 1. The summed E-state index contributed by atoms with van der Waals surface area (Å²) in [6.07, 6.45) is 4.51. The highest BCUT2D eigenvalue weighted by Crippen LogP contribution is 2.34. The van der Waals surface area contributed by atoms with Crippen molar-refractivity contribution < 1.29 is 14.3 Å². The highest BCUT2D eigenvalue weighted by molar-refractivity contribution is 5.68. The fourth-order valence-electron chi connectivity index (χ4n) is 3.22. The summed E-state index contributed by atoms with van der Waals surface area (Å²) in [5.74, 6) is 0.740. The Morgan fingerprint density at radius 2 is 2.00 bits per heavy atom. The molecule has 5 nitrogen and oxygen atoms in total. The van der Waals surface area contributed by atoms with Gasteiger partial charge in [0, 0.05) is 31.8 Å². The number of hydrogen-bond acceptors (Lipinski definition) is 4. The van der Waals surface area contributed by atoms with E-state index in [-0.39, 0.29) is 12.1 Å². The number of carbonyl (C=O) groups is 1. The van der Waals surface area contributed by atoms with Gasteiger partial charge < -0.3 is 19.7 Å². The predicted octanol–water partition coefficient (Wildman–Crippen LogP) is 2.79. The van der Waals surface area contributed by atoms with Crippen LogP contribution in [0.2, 0.25) is 0 Å². The monoisotopic (exact) mass is 312 g/mol. The average molecular weight is 312 g/mol. The Bertz CT molecular complexity index is 377. The van der Waals surface area contributed by atoms with Gasteiger partial charge in [0.15, 0.2) is 0 Å². The number of carbonyl (C=O) groups excluding carboxylic acids is 1. The highest BCUT2D eigenvalue weighted by Gasteiger charge is 2.38. The molecule has 128 valence electrons. The maximum atomic E-state index is 12.4. The fraction of sp³-hybridized carbons (Fsp3) is 0.941. The molecule has 1 N–H and O–H groups in total. The number of ether oxygens (including phenoxy) is 2. The summed E-state index contributed by atoms with van der Waals surface area (Å²) in [4.78, 5) is 14.3. The molecule has 2 rings (SSSR count). The van der Waals surface area contributed by atoms with E-state index in [9.17, 15) is 4.79 Å². The van der Waals surface area contributed by atoms with Crippen molar-refractivity contribution in [2.75, 3.05) is 20.3 Å². The molecule has 0 bridgehead atoms. The molecule has 0 spiro atoms. The smallest absolute Gasteiger partial charge is 0.410 e. The van der Waals surface area contributed by atoms with Gasteiger partial charge in [-0.3, -0.25) is 0 Å². The van der Waals surface area contributed by atoms with E-state index in [2.05, 4.69) is 12.2 Å². The van der Waals surface area contributed by atoms with Gasteiger partial charge in [-0.2, -0.15) is 0 Å². The van der Waals surface area contributed by atoms with Crippen molar-refractivity contribution in [3.05, 3.63) is 0 Å². The van der Waals surface area contributed by atoms with E-state index in [0.717, 1.165) is 31.9 Å². The van der Waals surface area contributed by atoms with E-state index in [1.54, 1.807) is 7.11 Å². The van der Waals surface area contributed by atoms with Gasteiger partial charge in [0.05, 0.1) is 6.61 Å². The Kier molecular flexibility index (Phi) is 5.72. The molecule has 1 saturated heterocycles. The molecule has 5 heteroatoms. The van der Waals surface area contributed by atoms with Crippen LogP contribution in [0.3, 0.4) is 0 Å². The van der Waals surface area contributed by atoms with Crippen LogP contribution in [0.25, 0.3) is 0 Å². The third kappa shape index (κ3) is 4.85. The lowest BCUT2D eigenvalue weighted by atomic mass is 9.96. The first kappa shape index (κ1) is 17.5. The van der Waals surface area contributed by atoms with Crippen molar-refractivity contribution in [1.29, 1.82) is 0 Å². The van der Waals surface area contributed by atoms with Gasteiger partial charge in [0.2, 0.25) is 0 Å². The Hall–Kier alpha value is -0.810. The van der Waals surface area contributed by atoms with Crippen LogP contribution in [-0.2, 0) is 9.47 Å². The fourth-order valence-corrected chi connectivity index (χ4v) is 3.22. The zero-order valence-electron chi connectivity index (χ0n) is 14.7. The molecule has 2 aliphatic rings. The van der Waals surface area contributed by atoms with Crippen molar-refractivity contribution in [1.82, 2.24) is 10.2 Å². The number of hydrogen-bond donors (Lipinski definition) is 1. The number of rotatable bonds is 5. The third-order valence-electron chi connectivity index (χ3n) is 4.58. The van der Waals surface area contributed by atoms with E-state index in [4.69, 9.17) is 9.47 Å². The second-order valence-electron chi connectivity index (χ2n) is 7.73. The van der Waals surface area contributed by atoms with Crippen LogP contribution in [0.15, 0.2) is 0 Å². The minimum atomic E-state index is -0.441. The summed E-state index contributed by atoms with van der Waals surface area (Å²) in [7, 11) is 1.76. The van der Waals surface area contributed by atoms with Crippen LogP contribution in [-0.4, -0.2) is 55.0 Å². The summed E-state index contributed by atoms with van der Waals surface area (Å²) >= 11 is 0. The lowest BCUT2D eigenvalue weighted by Crippen LogP contribution is -2.58. The molecule has 0 aromatic carbocycles. The number of piperidine rings is 1. The van der Waals surface area contributed by atoms with Crippen molar-refractivity contribution >= 4 is 6.09 Å². The molecular weight excluding hydrogens is 280 g/mol. The maximum absolute atomic E-state index is 12.4. The molecule has 22 heavy (non-hydrogen) atoms. The van der Waals surface area contributed by atoms with E-state index < -0.39 is 5.60 Å². The van der Waals surface area contributed by atoms with Gasteiger partial charge in [0.25, 0.3) is 0 Å². The lowest BCUT2D eigenvalue weighted by Gasteiger charge is -2.41. The molecule has 1 aliphatic carbocycles. The van der Waals surface area contributed by atoms with Crippen LogP contribution in [0.5, 0.6) is 0 Å². The minimum absolute atomic E-state index is 0.154. The number of nitrogens with zero attached hydrogens (tertiary/aromatic N) is 1. The van der Waals surface area contributed by atoms with Gasteiger partial charge in [0.1, 0.15) is 5.60 Å². The Labute approximate surface area is 134 Å². The highest BCUT2D eigenvalue weighted by atomic mass is 16.6. The number of amides is 1. The van der Waals surface area contributed by atoms with Crippen molar-refractivity contribution in [3.63, 3.8) is 0 Å². The SMILES string of the molecule is COCC(NC1CCCN(C(=O)OC(C)(C)C)C1C)C1CC1. The van der Waals surface area contributed by atoms with Crippen molar-refractivity contribution in [2.45, 2.75) is 77.1 Å². The Balaban J connectivity index is 1.93. The van der Waals surface area contributed by atoms with Gasteiger partial charge in [-0.05, 0) is 59.3 Å². The summed E-state index contributed by atoms with van der Waals surface area (Å²) in [6, 6.07) is 0.889. The van der Waals surface area contributed by atoms with Crippen LogP contribution in [0.4, 0.5) is 4.79 Å². The van der Waals surface area contributed by atoms with E-state index in [1.165, 1.54) is 12.8 Å². The van der Waals surface area contributed by atoms with Crippen LogP contribution in [0.1, 0.15) is 53.4 Å². The molecule has 1 heterocycles. The first-order chi connectivity index (χ1) is 10.3. The van der Waals surface area contributed by atoms with Crippen LogP contribution in [0, 0.1) is 5.92 Å². The zero-order chi connectivity index (χ0) is 16.3. The summed E-state index contributed by atoms with van der Waals surface area (Å²) in [6.45, 7) is 9.40. The molecule has 0 aromatic heterocycles. The molecule has 3 unspecified atom stereocenters. The number of nitrogens with one attached hydrogen (secondary N) is 1. The lowest BCUT2D eigenvalue weighted by molar-refractivity contribution is 0.00517. The Morgan fingerprint density at radius 1 is 1.32 bits per heavy atom. The van der Waals surface area contributed by atoms with Gasteiger partial charge >= 0.3 is 6.09 Å². The quantitative estimate of drug-likeness (QED) is 0.848. The first-order valence-corrected chi connectivity index (χ1v) is 8.56. The predicted molar refractivity (Wildman–Crippen MR) is 86.9 cm³/mol. The number of methoxy groups -OCH3 is 1. The molecule has 3 atom stereocenters. The second-order valence-corrected chi connectivity index (χ2v) is 7.73. The molecule has 0 radical (unpaired) electrons. The van der Waals surface area contributed by atoms with E-state index in [1.807, 2.05) is 25.7 Å².